The van der Waals surface area contributed by atoms with E-state index in [0.717, 1.165) is 38.5 Å². The molecule has 116 valence electrons. The van der Waals surface area contributed by atoms with Crippen LogP contribution in [0.4, 0.5) is 4.79 Å². The lowest BCUT2D eigenvalue weighted by Crippen LogP contribution is -2.55. The molecule has 0 heterocycles. The van der Waals surface area contributed by atoms with Gasteiger partial charge in [0.2, 0.25) is 0 Å². The van der Waals surface area contributed by atoms with Gasteiger partial charge in [-0.15, -0.1) is 0 Å². The number of aliphatic hydroxyl groups excluding tert-OH is 1. The molecule has 2 atom stereocenters. The number of nitrogens with one attached hydrogen (secondary N) is 2. The lowest BCUT2D eigenvalue weighted by Gasteiger charge is -2.35. The predicted octanol–water partition coefficient (Wildman–Crippen LogP) is 1.46. The van der Waals surface area contributed by atoms with E-state index >= 15 is 0 Å². The first-order valence-corrected chi connectivity index (χ1v) is 7.91. The predicted molar refractivity (Wildman–Crippen MR) is 79.7 cm³/mol. The van der Waals surface area contributed by atoms with E-state index in [2.05, 4.69) is 29.6 Å². The Balaban J connectivity index is 1.82. The van der Waals surface area contributed by atoms with Gasteiger partial charge in [0.25, 0.3) is 0 Å². The molecule has 2 aliphatic carbocycles. The van der Waals surface area contributed by atoms with Gasteiger partial charge in [0.1, 0.15) is 0 Å². The fraction of sp³-hybridized carbons (Fsp3) is 0.933. The largest absolute Gasteiger partial charge is 0.394 e. The molecule has 0 bridgehead atoms. The molecule has 3 N–H and O–H groups in total. The number of urea groups is 1. The van der Waals surface area contributed by atoms with Crippen molar-refractivity contribution in [3.05, 3.63) is 0 Å². The number of hydrogen-bond donors (Lipinski definition) is 3. The number of rotatable bonds is 4. The Hall–Kier alpha value is -0.810. The Morgan fingerprint density at radius 1 is 1.25 bits per heavy atom. The Kier molecular flexibility index (Phi) is 5.27. The van der Waals surface area contributed by atoms with E-state index in [0.29, 0.717) is 6.04 Å². The molecule has 20 heavy (non-hydrogen) atoms. The average molecular weight is 283 g/mol. The van der Waals surface area contributed by atoms with E-state index in [1.807, 2.05) is 0 Å². The summed E-state index contributed by atoms with van der Waals surface area (Å²) >= 11 is 0. The van der Waals surface area contributed by atoms with Gasteiger partial charge in [-0.1, -0.05) is 12.8 Å². The number of nitrogens with zero attached hydrogens (tertiary/aromatic N) is 1. The fourth-order valence-corrected chi connectivity index (χ4v) is 3.60. The summed E-state index contributed by atoms with van der Waals surface area (Å²) in [5.41, 5.74) is -0.375. The van der Waals surface area contributed by atoms with Gasteiger partial charge < -0.3 is 20.6 Å². The van der Waals surface area contributed by atoms with Crippen LogP contribution in [0.2, 0.25) is 0 Å². The van der Waals surface area contributed by atoms with Crippen molar-refractivity contribution in [1.82, 2.24) is 15.5 Å². The fourth-order valence-electron chi connectivity index (χ4n) is 3.60. The molecule has 2 saturated carbocycles. The van der Waals surface area contributed by atoms with Crippen LogP contribution in [0, 0.1) is 0 Å². The van der Waals surface area contributed by atoms with E-state index in [4.69, 9.17) is 0 Å². The molecule has 0 aromatic carbocycles. The van der Waals surface area contributed by atoms with Gasteiger partial charge in [-0.05, 0) is 52.6 Å². The SMILES string of the molecule is CN(C)C1CCCC(NC(=O)NC2(CO)CCCC2)C1. The number of carbonyl (C=O) groups excluding carboxylic acids is 1. The van der Waals surface area contributed by atoms with E-state index in [-0.39, 0.29) is 24.2 Å². The Bertz CT molecular complexity index is 327. The van der Waals surface area contributed by atoms with Gasteiger partial charge in [0.15, 0.2) is 0 Å². The first kappa shape index (κ1) is 15.6. The van der Waals surface area contributed by atoms with Crippen LogP contribution in [-0.4, -0.2) is 54.4 Å². The monoisotopic (exact) mass is 283 g/mol. The highest BCUT2D eigenvalue weighted by atomic mass is 16.3. The van der Waals surface area contributed by atoms with Crippen molar-refractivity contribution in [2.24, 2.45) is 0 Å². The normalized spacial score (nSPS) is 29.4. The summed E-state index contributed by atoms with van der Waals surface area (Å²) < 4.78 is 0. The number of amides is 2. The van der Waals surface area contributed by atoms with Gasteiger partial charge >= 0.3 is 6.03 Å². The summed E-state index contributed by atoms with van der Waals surface area (Å²) in [5.74, 6) is 0. The first-order valence-electron chi connectivity index (χ1n) is 7.91. The molecule has 2 fully saturated rings. The molecule has 0 saturated heterocycles. The molecule has 0 aromatic heterocycles. The standard InChI is InChI=1S/C15H29N3O2/c1-18(2)13-7-5-6-12(10-13)16-14(20)17-15(11-19)8-3-4-9-15/h12-13,19H,3-11H2,1-2H3,(H2,16,17,20). The maximum absolute atomic E-state index is 12.2. The summed E-state index contributed by atoms with van der Waals surface area (Å²) in [6.45, 7) is 0.0470. The molecule has 2 rings (SSSR count). The molecule has 2 amide bonds. The van der Waals surface area contributed by atoms with Crippen molar-refractivity contribution in [2.75, 3.05) is 20.7 Å². The van der Waals surface area contributed by atoms with Crippen LogP contribution in [0.25, 0.3) is 0 Å². The van der Waals surface area contributed by atoms with Crippen LogP contribution in [0.5, 0.6) is 0 Å². The van der Waals surface area contributed by atoms with Crippen molar-refractivity contribution < 1.29 is 9.90 Å². The second-order valence-electron chi connectivity index (χ2n) is 6.72. The second-order valence-corrected chi connectivity index (χ2v) is 6.72. The van der Waals surface area contributed by atoms with E-state index in [9.17, 15) is 9.90 Å². The third-order valence-electron chi connectivity index (χ3n) is 4.95. The lowest BCUT2D eigenvalue weighted by atomic mass is 9.90. The summed E-state index contributed by atoms with van der Waals surface area (Å²) in [7, 11) is 4.21. The van der Waals surface area contributed by atoms with Crippen LogP contribution in [0.1, 0.15) is 51.4 Å². The zero-order valence-corrected chi connectivity index (χ0v) is 12.8. The maximum atomic E-state index is 12.2. The summed E-state index contributed by atoms with van der Waals surface area (Å²) in [4.78, 5) is 14.4. The van der Waals surface area contributed by atoms with Crippen molar-refractivity contribution >= 4 is 6.03 Å². The van der Waals surface area contributed by atoms with Crippen LogP contribution in [0.3, 0.4) is 0 Å². The van der Waals surface area contributed by atoms with Gasteiger partial charge in [0.05, 0.1) is 12.1 Å². The zero-order chi connectivity index (χ0) is 14.6. The highest BCUT2D eigenvalue weighted by Crippen LogP contribution is 2.29. The van der Waals surface area contributed by atoms with Crippen LogP contribution < -0.4 is 10.6 Å². The molecular formula is C15H29N3O2. The number of carbonyl (C=O) groups is 1. The van der Waals surface area contributed by atoms with E-state index in [1.54, 1.807) is 0 Å². The average Bonchev–Trinajstić information content (AvgIpc) is 2.88. The molecule has 0 spiro atoms. The summed E-state index contributed by atoms with van der Waals surface area (Å²) in [5, 5.41) is 15.7. The summed E-state index contributed by atoms with van der Waals surface area (Å²) in [6.07, 6.45) is 8.42. The third kappa shape index (κ3) is 3.85. The third-order valence-corrected chi connectivity index (χ3v) is 4.95. The smallest absolute Gasteiger partial charge is 0.315 e. The minimum atomic E-state index is -0.375. The Morgan fingerprint density at radius 3 is 2.55 bits per heavy atom. The molecule has 2 unspecified atom stereocenters. The molecule has 2 aliphatic rings. The van der Waals surface area contributed by atoms with Gasteiger partial charge in [-0.2, -0.15) is 0 Å². The van der Waals surface area contributed by atoms with E-state index in [1.165, 1.54) is 12.8 Å². The molecule has 0 aliphatic heterocycles. The molecule has 5 nitrogen and oxygen atoms in total. The molecule has 0 radical (unpaired) electrons. The van der Waals surface area contributed by atoms with Gasteiger partial charge in [0, 0.05) is 12.1 Å². The first-order chi connectivity index (χ1) is 9.54. The topological polar surface area (TPSA) is 64.6 Å². The van der Waals surface area contributed by atoms with Crippen LogP contribution >= 0.6 is 0 Å². The quantitative estimate of drug-likeness (QED) is 0.732. The highest BCUT2D eigenvalue weighted by molar-refractivity contribution is 5.75. The minimum Gasteiger partial charge on any atom is -0.394 e. The molecule has 0 aromatic rings. The molecular weight excluding hydrogens is 254 g/mol. The Labute approximate surface area is 122 Å². The van der Waals surface area contributed by atoms with Crippen molar-refractivity contribution in [1.29, 1.82) is 0 Å². The minimum absolute atomic E-state index is 0.0470. The lowest BCUT2D eigenvalue weighted by molar-refractivity contribution is 0.156. The zero-order valence-electron chi connectivity index (χ0n) is 12.8. The van der Waals surface area contributed by atoms with Gasteiger partial charge in [-0.3, -0.25) is 0 Å². The highest BCUT2D eigenvalue weighted by Gasteiger charge is 2.35. The van der Waals surface area contributed by atoms with Crippen LogP contribution in [0.15, 0.2) is 0 Å². The maximum Gasteiger partial charge on any atom is 0.315 e. The van der Waals surface area contributed by atoms with Crippen molar-refractivity contribution in [3.63, 3.8) is 0 Å². The van der Waals surface area contributed by atoms with Crippen molar-refractivity contribution in [2.45, 2.75) is 69.0 Å². The summed E-state index contributed by atoms with van der Waals surface area (Å²) in [6, 6.07) is 0.714. The second kappa shape index (κ2) is 6.76. The number of aliphatic hydroxyl groups is 1. The number of hydrogen-bond acceptors (Lipinski definition) is 3. The van der Waals surface area contributed by atoms with Crippen molar-refractivity contribution in [3.8, 4) is 0 Å². The molecule has 5 heteroatoms. The van der Waals surface area contributed by atoms with E-state index < -0.39 is 0 Å². The Morgan fingerprint density at radius 2 is 1.95 bits per heavy atom. The van der Waals surface area contributed by atoms with Crippen LogP contribution in [-0.2, 0) is 0 Å². The van der Waals surface area contributed by atoms with Gasteiger partial charge in [-0.25, -0.2) is 4.79 Å².